The first-order valence-corrected chi connectivity index (χ1v) is 4.49. The first-order chi connectivity index (χ1) is 4.79. The molecule has 2 aliphatic rings. The Bertz CT molecular complexity index is 131. The van der Waals surface area contributed by atoms with Gasteiger partial charge in [0.1, 0.15) is 0 Å². The lowest BCUT2D eigenvalue weighted by molar-refractivity contribution is 0.287. The Labute approximate surface area is 63.4 Å². The average Bonchev–Trinajstić information content (AvgIpc) is 2.41. The normalized spacial score (nSPS) is 48.0. The van der Waals surface area contributed by atoms with E-state index in [0.29, 0.717) is 0 Å². The molecular weight excluding hydrogens is 122 g/mol. The van der Waals surface area contributed by atoms with E-state index in [2.05, 4.69) is 18.9 Å². The van der Waals surface area contributed by atoms with Crippen LogP contribution in [0.25, 0.3) is 0 Å². The molecule has 1 heteroatoms. The van der Waals surface area contributed by atoms with Gasteiger partial charge in [0.05, 0.1) is 0 Å². The van der Waals surface area contributed by atoms with Crippen LogP contribution in [0, 0.1) is 11.8 Å². The van der Waals surface area contributed by atoms with Crippen LogP contribution in [0.3, 0.4) is 0 Å². The van der Waals surface area contributed by atoms with Crippen LogP contribution in [0.15, 0.2) is 0 Å². The van der Waals surface area contributed by atoms with Crippen LogP contribution >= 0.6 is 0 Å². The second-order valence-corrected chi connectivity index (χ2v) is 4.04. The van der Waals surface area contributed by atoms with E-state index in [-0.39, 0.29) is 0 Å². The standard InChI is InChI=1S/C9H17N/c1-7-9-5-3-4-8(9)6-10(7)2/h7-9H,3-6H2,1-2H3/t7-,8+,9-/m1/s1. The highest BCUT2D eigenvalue weighted by Gasteiger charge is 2.39. The molecule has 1 aliphatic heterocycles. The first kappa shape index (κ1) is 6.66. The number of fused-ring (bicyclic) bond motifs is 1. The highest BCUT2D eigenvalue weighted by molar-refractivity contribution is 4.92. The van der Waals surface area contributed by atoms with Crippen LogP contribution in [0.1, 0.15) is 26.2 Å². The molecule has 0 amide bonds. The van der Waals surface area contributed by atoms with E-state index >= 15 is 0 Å². The summed E-state index contributed by atoms with van der Waals surface area (Å²) >= 11 is 0. The zero-order valence-electron chi connectivity index (χ0n) is 7.01. The summed E-state index contributed by atoms with van der Waals surface area (Å²) in [5, 5.41) is 0. The molecule has 1 heterocycles. The van der Waals surface area contributed by atoms with Gasteiger partial charge in [-0.2, -0.15) is 0 Å². The van der Waals surface area contributed by atoms with Crippen LogP contribution < -0.4 is 0 Å². The van der Waals surface area contributed by atoms with Gasteiger partial charge < -0.3 is 4.90 Å². The quantitative estimate of drug-likeness (QED) is 0.494. The van der Waals surface area contributed by atoms with E-state index in [9.17, 15) is 0 Å². The van der Waals surface area contributed by atoms with Gasteiger partial charge in [0.25, 0.3) is 0 Å². The van der Waals surface area contributed by atoms with Crippen molar-refractivity contribution in [2.24, 2.45) is 11.8 Å². The van der Waals surface area contributed by atoms with Gasteiger partial charge in [0.2, 0.25) is 0 Å². The van der Waals surface area contributed by atoms with E-state index in [4.69, 9.17) is 0 Å². The maximum Gasteiger partial charge on any atom is 0.00953 e. The third kappa shape index (κ3) is 0.800. The van der Waals surface area contributed by atoms with Crippen LogP contribution in [0.4, 0.5) is 0 Å². The van der Waals surface area contributed by atoms with Crippen molar-refractivity contribution in [1.29, 1.82) is 0 Å². The monoisotopic (exact) mass is 139 g/mol. The third-order valence-corrected chi connectivity index (χ3v) is 3.56. The Morgan fingerprint density at radius 1 is 1.30 bits per heavy atom. The molecule has 1 aliphatic carbocycles. The Kier molecular flexibility index (Phi) is 1.48. The summed E-state index contributed by atoms with van der Waals surface area (Å²) in [6, 6.07) is 0.868. The zero-order chi connectivity index (χ0) is 7.14. The summed E-state index contributed by atoms with van der Waals surface area (Å²) in [5.41, 5.74) is 0. The molecule has 0 aromatic heterocycles. The maximum atomic E-state index is 2.52. The minimum Gasteiger partial charge on any atom is -0.303 e. The van der Waals surface area contributed by atoms with E-state index < -0.39 is 0 Å². The van der Waals surface area contributed by atoms with Gasteiger partial charge in [0.15, 0.2) is 0 Å². The molecule has 2 rings (SSSR count). The summed E-state index contributed by atoms with van der Waals surface area (Å²) in [4.78, 5) is 2.52. The molecule has 10 heavy (non-hydrogen) atoms. The number of hydrogen-bond acceptors (Lipinski definition) is 1. The largest absolute Gasteiger partial charge is 0.303 e. The Morgan fingerprint density at radius 2 is 2.10 bits per heavy atom. The van der Waals surface area contributed by atoms with Gasteiger partial charge in [-0.25, -0.2) is 0 Å². The molecule has 0 aromatic rings. The summed E-state index contributed by atoms with van der Waals surface area (Å²) in [6.07, 6.45) is 4.49. The smallest absolute Gasteiger partial charge is 0.00953 e. The van der Waals surface area contributed by atoms with Crippen molar-refractivity contribution in [2.75, 3.05) is 13.6 Å². The van der Waals surface area contributed by atoms with Crippen LogP contribution in [0.2, 0.25) is 0 Å². The van der Waals surface area contributed by atoms with Crippen molar-refractivity contribution in [2.45, 2.75) is 32.2 Å². The molecule has 0 unspecified atom stereocenters. The van der Waals surface area contributed by atoms with E-state index in [1.807, 2.05) is 0 Å². The summed E-state index contributed by atoms with van der Waals surface area (Å²) in [6.45, 7) is 3.75. The molecule has 0 radical (unpaired) electrons. The fourth-order valence-electron chi connectivity index (χ4n) is 2.79. The highest BCUT2D eigenvalue weighted by Crippen LogP contribution is 2.40. The lowest BCUT2D eigenvalue weighted by Gasteiger charge is -2.18. The predicted octanol–water partition coefficient (Wildman–Crippen LogP) is 1.74. The van der Waals surface area contributed by atoms with Crippen molar-refractivity contribution < 1.29 is 0 Å². The maximum absolute atomic E-state index is 2.52. The van der Waals surface area contributed by atoms with Crippen molar-refractivity contribution in [3.8, 4) is 0 Å². The molecule has 58 valence electrons. The van der Waals surface area contributed by atoms with Gasteiger partial charge in [-0.1, -0.05) is 6.42 Å². The number of likely N-dealkylation sites (tertiary alicyclic amines) is 1. The van der Waals surface area contributed by atoms with E-state index in [0.717, 1.165) is 17.9 Å². The third-order valence-electron chi connectivity index (χ3n) is 3.56. The van der Waals surface area contributed by atoms with Gasteiger partial charge in [-0.15, -0.1) is 0 Å². The molecule has 0 aromatic carbocycles. The van der Waals surface area contributed by atoms with Crippen LogP contribution in [-0.2, 0) is 0 Å². The summed E-state index contributed by atoms with van der Waals surface area (Å²) < 4.78 is 0. The van der Waals surface area contributed by atoms with Crippen LogP contribution in [0.5, 0.6) is 0 Å². The predicted molar refractivity (Wildman–Crippen MR) is 42.9 cm³/mol. The molecule has 0 bridgehead atoms. The molecule has 2 fully saturated rings. The molecule has 3 atom stereocenters. The lowest BCUT2D eigenvalue weighted by Crippen LogP contribution is -2.25. The summed E-state index contributed by atoms with van der Waals surface area (Å²) in [5.74, 6) is 2.10. The zero-order valence-corrected chi connectivity index (χ0v) is 7.01. The SMILES string of the molecule is C[C@@H]1[C@H]2CCC[C@H]2CN1C. The Morgan fingerprint density at radius 3 is 2.80 bits per heavy atom. The van der Waals surface area contributed by atoms with Gasteiger partial charge in [-0.05, 0) is 38.6 Å². The second kappa shape index (κ2) is 2.23. The number of nitrogens with zero attached hydrogens (tertiary/aromatic N) is 1. The number of rotatable bonds is 0. The molecule has 1 nitrogen and oxygen atoms in total. The fourth-order valence-corrected chi connectivity index (χ4v) is 2.79. The van der Waals surface area contributed by atoms with Crippen molar-refractivity contribution >= 4 is 0 Å². The minimum absolute atomic E-state index is 0.868. The van der Waals surface area contributed by atoms with Gasteiger partial charge in [0, 0.05) is 12.6 Å². The average molecular weight is 139 g/mol. The fraction of sp³-hybridized carbons (Fsp3) is 1.00. The molecule has 1 saturated heterocycles. The Hall–Kier alpha value is -0.0400. The van der Waals surface area contributed by atoms with Crippen molar-refractivity contribution in [1.82, 2.24) is 4.90 Å². The van der Waals surface area contributed by atoms with Crippen LogP contribution in [-0.4, -0.2) is 24.5 Å². The van der Waals surface area contributed by atoms with E-state index in [1.54, 1.807) is 0 Å². The van der Waals surface area contributed by atoms with Gasteiger partial charge >= 0.3 is 0 Å². The molecule has 0 spiro atoms. The summed E-state index contributed by atoms with van der Waals surface area (Å²) in [7, 11) is 2.27. The molecular formula is C9H17N. The van der Waals surface area contributed by atoms with Crippen molar-refractivity contribution in [3.63, 3.8) is 0 Å². The first-order valence-electron chi connectivity index (χ1n) is 4.49. The molecule has 0 N–H and O–H groups in total. The van der Waals surface area contributed by atoms with Crippen molar-refractivity contribution in [3.05, 3.63) is 0 Å². The molecule has 1 saturated carbocycles. The lowest BCUT2D eigenvalue weighted by atomic mass is 9.95. The Balaban J connectivity index is 2.09. The topological polar surface area (TPSA) is 3.24 Å². The number of hydrogen-bond donors (Lipinski definition) is 0. The van der Waals surface area contributed by atoms with Gasteiger partial charge in [-0.3, -0.25) is 0 Å². The highest BCUT2D eigenvalue weighted by atomic mass is 15.2. The van der Waals surface area contributed by atoms with E-state index in [1.165, 1.54) is 25.8 Å². The minimum atomic E-state index is 0.868. The second-order valence-electron chi connectivity index (χ2n) is 4.04.